The van der Waals surface area contributed by atoms with Gasteiger partial charge in [0.15, 0.2) is 0 Å². The summed E-state index contributed by atoms with van der Waals surface area (Å²) in [4.78, 5) is 3.20. The van der Waals surface area contributed by atoms with Crippen LogP contribution in [0.2, 0.25) is 0 Å². The summed E-state index contributed by atoms with van der Waals surface area (Å²) >= 11 is 0. The minimum absolute atomic E-state index is 0.310. The van der Waals surface area contributed by atoms with Crippen LogP contribution < -0.4 is 5.73 Å². The van der Waals surface area contributed by atoms with Crippen LogP contribution in [0.15, 0.2) is 30.5 Å². The van der Waals surface area contributed by atoms with E-state index in [1.54, 1.807) is 0 Å². The summed E-state index contributed by atoms with van der Waals surface area (Å²) in [6, 6.07) is 8.11. The summed E-state index contributed by atoms with van der Waals surface area (Å²) in [7, 11) is -0.430. The van der Waals surface area contributed by atoms with Gasteiger partial charge in [-0.25, -0.2) is 0 Å². The molecule has 0 radical (unpaired) electrons. The van der Waals surface area contributed by atoms with Gasteiger partial charge >= 0.3 is 7.12 Å². The Morgan fingerprint density at radius 1 is 1.10 bits per heavy atom. The summed E-state index contributed by atoms with van der Waals surface area (Å²) < 4.78 is 12.1. The van der Waals surface area contributed by atoms with E-state index in [1.807, 2.05) is 58.2 Å². The Bertz CT molecular complexity index is 620. The molecule has 4 nitrogen and oxygen atoms in total. The number of fused-ring (bicyclic) bond motifs is 1. The van der Waals surface area contributed by atoms with Crippen molar-refractivity contribution in [3.05, 3.63) is 36.0 Å². The molecule has 2 heterocycles. The first kappa shape index (κ1) is 13.7. The van der Waals surface area contributed by atoms with Crippen LogP contribution >= 0.6 is 0 Å². The third-order valence-corrected chi connectivity index (χ3v) is 4.55. The van der Waals surface area contributed by atoms with E-state index in [2.05, 4.69) is 4.98 Å². The van der Waals surface area contributed by atoms with Crippen molar-refractivity contribution in [2.24, 2.45) is 5.73 Å². The van der Waals surface area contributed by atoms with E-state index in [9.17, 15) is 0 Å². The highest BCUT2D eigenvalue weighted by atomic mass is 16.7. The van der Waals surface area contributed by atoms with Gasteiger partial charge in [0.25, 0.3) is 0 Å². The number of nitrogens with one attached hydrogen (secondary N) is 1. The van der Waals surface area contributed by atoms with Gasteiger partial charge in [0.1, 0.15) is 0 Å². The Balaban J connectivity index is 1.94. The van der Waals surface area contributed by atoms with Crippen LogP contribution in [0.4, 0.5) is 0 Å². The Morgan fingerprint density at radius 2 is 1.75 bits per heavy atom. The quantitative estimate of drug-likeness (QED) is 0.826. The van der Waals surface area contributed by atoms with Gasteiger partial charge in [0.2, 0.25) is 0 Å². The topological polar surface area (TPSA) is 60.3 Å². The zero-order chi connectivity index (χ0) is 14.5. The van der Waals surface area contributed by atoms with Gasteiger partial charge in [-0.05, 0) is 45.4 Å². The van der Waals surface area contributed by atoms with E-state index in [0.29, 0.717) is 0 Å². The Kier molecular flexibility index (Phi) is 2.97. The van der Waals surface area contributed by atoms with Crippen molar-refractivity contribution in [2.75, 3.05) is 0 Å². The Morgan fingerprint density at radius 3 is 2.40 bits per heavy atom. The van der Waals surface area contributed by atoms with Gasteiger partial charge in [-0.15, -0.1) is 0 Å². The molecule has 1 saturated heterocycles. The average molecular weight is 272 g/mol. The standard InChI is InChI=1S/C15H21BN2O2/c1-14(2)15(3,4)20-16(19-14)13(17)11-6-5-7-12-10(11)8-9-18-12/h5-9,13,18H,17H2,1-4H3/t13-/m1/s1. The molecule has 0 bridgehead atoms. The second-order valence-corrected chi connectivity index (χ2v) is 6.44. The molecule has 1 aliphatic heterocycles. The molecule has 20 heavy (non-hydrogen) atoms. The van der Waals surface area contributed by atoms with E-state index in [1.165, 1.54) is 0 Å². The number of nitrogens with two attached hydrogens (primary N) is 1. The summed E-state index contributed by atoms with van der Waals surface area (Å²) in [6.07, 6.45) is 1.92. The van der Waals surface area contributed by atoms with Crippen LogP contribution in [0.1, 0.15) is 39.2 Å². The average Bonchev–Trinajstić information content (AvgIpc) is 2.91. The first-order chi connectivity index (χ1) is 9.32. The summed E-state index contributed by atoms with van der Waals surface area (Å²) in [5.41, 5.74) is 7.81. The lowest BCUT2D eigenvalue weighted by molar-refractivity contribution is 0.00578. The van der Waals surface area contributed by atoms with E-state index in [0.717, 1.165) is 16.5 Å². The van der Waals surface area contributed by atoms with Gasteiger partial charge in [0, 0.05) is 17.1 Å². The number of H-pyrrole nitrogens is 1. The molecule has 3 rings (SSSR count). The maximum atomic E-state index is 6.40. The van der Waals surface area contributed by atoms with Gasteiger partial charge in [-0.2, -0.15) is 0 Å². The SMILES string of the molecule is CC1(C)OB([C@H](N)c2cccc3[nH]ccc23)OC1(C)C. The number of hydrogen-bond donors (Lipinski definition) is 2. The molecule has 2 aromatic rings. The van der Waals surface area contributed by atoms with Crippen molar-refractivity contribution in [1.29, 1.82) is 0 Å². The Hall–Kier alpha value is -1.30. The third kappa shape index (κ3) is 1.97. The zero-order valence-corrected chi connectivity index (χ0v) is 12.4. The molecule has 1 atom stereocenters. The molecule has 3 N–H and O–H groups in total. The smallest absolute Gasteiger partial charge is 0.402 e. The first-order valence-electron chi connectivity index (χ1n) is 6.99. The van der Waals surface area contributed by atoms with Crippen molar-refractivity contribution < 1.29 is 9.31 Å². The molecule has 1 fully saturated rings. The monoisotopic (exact) mass is 272 g/mol. The largest absolute Gasteiger partial charge is 0.480 e. The number of aromatic amines is 1. The van der Waals surface area contributed by atoms with Crippen molar-refractivity contribution in [3.63, 3.8) is 0 Å². The number of benzene rings is 1. The lowest BCUT2D eigenvalue weighted by Crippen LogP contribution is -2.41. The highest BCUT2D eigenvalue weighted by molar-refractivity contribution is 6.47. The second kappa shape index (κ2) is 4.35. The van der Waals surface area contributed by atoms with Gasteiger partial charge < -0.3 is 20.0 Å². The van der Waals surface area contributed by atoms with Crippen molar-refractivity contribution in [2.45, 2.75) is 44.8 Å². The van der Waals surface area contributed by atoms with E-state index in [-0.39, 0.29) is 17.1 Å². The van der Waals surface area contributed by atoms with Crippen LogP contribution in [0.25, 0.3) is 10.9 Å². The minimum atomic E-state index is -0.430. The summed E-state index contributed by atoms with van der Waals surface area (Å²) in [6.45, 7) is 8.15. The summed E-state index contributed by atoms with van der Waals surface area (Å²) in [5.74, 6) is -0.310. The number of hydrogen-bond acceptors (Lipinski definition) is 3. The molecule has 0 amide bonds. The maximum Gasteiger partial charge on any atom is 0.480 e. The fourth-order valence-electron chi connectivity index (χ4n) is 2.58. The molecule has 1 aliphatic rings. The predicted molar refractivity (Wildman–Crippen MR) is 81.3 cm³/mol. The predicted octanol–water partition coefficient (Wildman–Crippen LogP) is 2.80. The highest BCUT2D eigenvalue weighted by Gasteiger charge is 2.53. The molecule has 0 spiro atoms. The second-order valence-electron chi connectivity index (χ2n) is 6.44. The fraction of sp³-hybridized carbons (Fsp3) is 0.467. The minimum Gasteiger partial charge on any atom is -0.402 e. The van der Waals surface area contributed by atoms with Gasteiger partial charge in [-0.1, -0.05) is 12.1 Å². The van der Waals surface area contributed by atoms with Crippen LogP contribution in [0.5, 0.6) is 0 Å². The van der Waals surface area contributed by atoms with Gasteiger partial charge in [-0.3, -0.25) is 0 Å². The van der Waals surface area contributed by atoms with E-state index < -0.39 is 7.12 Å². The number of rotatable bonds is 2. The number of aromatic nitrogens is 1. The molecular weight excluding hydrogens is 251 g/mol. The van der Waals surface area contributed by atoms with Crippen molar-refractivity contribution in [1.82, 2.24) is 4.98 Å². The fourth-order valence-corrected chi connectivity index (χ4v) is 2.58. The molecule has 0 unspecified atom stereocenters. The van der Waals surface area contributed by atoms with Crippen LogP contribution in [0, 0.1) is 0 Å². The highest BCUT2D eigenvalue weighted by Crippen LogP contribution is 2.40. The van der Waals surface area contributed by atoms with Crippen LogP contribution in [-0.4, -0.2) is 23.3 Å². The molecule has 0 aliphatic carbocycles. The third-order valence-electron chi connectivity index (χ3n) is 4.55. The van der Waals surface area contributed by atoms with Crippen molar-refractivity contribution >= 4 is 18.0 Å². The summed E-state index contributed by atoms with van der Waals surface area (Å²) in [5, 5.41) is 1.12. The lowest BCUT2D eigenvalue weighted by atomic mass is 9.74. The first-order valence-corrected chi connectivity index (χ1v) is 6.99. The van der Waals surface area contributed by atoms with Crippen LogP contribution in [-0.2, 0) is 9.31 Å². The molecule has 1 aromatic heterocycles. The molecule has 0 saturated carbocycles. The molecular formula is C15H21BN2O2. The van der Waals surface area contributed by atoms with Gasteiger partial charge in [0.05, 0.1) is 17.1 Å². The molecule has 1 aromatic carbocycles. The lowest BCUT2D eigenvalue weighted by Gasteiger charge is -2.32. The molecule has 5 heteroatoms. The Labute approximate surface area is 119 Å². The van der Waals surface area contributed by atoms with E-state index in [4.69, 9.17) is 15.0 Å². The maximum absolute atomic E-state index is 6.40. The zero-order valence-electron chi connectivity index (χ0n) is 12.4. The van der Waals surface area contributed by atoms with Crippen LogP contribution in [0.3, 0.4) is 0 Å². The normalized spacial score (nSPS) is 22.4. The molecule has 106 valence electrons. The van der Waals surface area contributed by atoms with E-state index >= 15 is 0 Å². The van der Waals surface area contributed by atoms with Crippen molar-refractivity contribution in [3.8, 4) is 0 Å².